The van der Waals surface area contributed by atoms with Crippen molar-refractivity contribution in [1.82, 2.24) is 0 Å². The van der Waals surface area contributed by atoms with Gasteiger partial charge in [0.15, 0.2) is 6.29 Å². The summed E-state index contributed by atoms with van der Waals surface area (Å²) in [4.78, 5) is 0. The quantitative estimate of drug-likeness (QED) is 0.515. The molecule has 0 aromatic heterocycles. The van der Waals surface area contributed by atoms with Gasteiger partial charge in [-0.15, -0.1) is 6.58 Å². The molecule has 5 heteroatoms. The zero-order valence-electron chi connectivity index (χ0n) is 8.04. The van der Waals surface area contributed by atoms with Crippen LogP contribution in [-0.4, -0.2) is 52.6 Å². The Kier molecular flexibility index (Phi) is 4.03. The molecular formula is C9H16O5. The largest absolute Gasteiger partial charge is 0.388 e. The summed E-state index contributed by atoms with van der Waals surface area (Å²) in [5, 5.41) is 28.2. The van der Waals surface area contributed by atoms with Gasteiger partial charge in [0.05, 0.1) is 12.7 Å². The first-order valence-electron chi connectivity index (χ1n) is 4.50. The Labute approximate surface area is 82.6 Å². The van der Waals surface area contributed by atoms with Gasteiger partial charge in [-0.3, -0.25) is 0 Å². The molecule has 5 nitrogen and oxygen atoms in total. The van der Waals surface area contributed by atoms with Crippen LogP contribution in [0.4, 0.5) is 0 Å². The van der Waals surface area contributed by atoms with Crippen LogP contribution >= 0.6 is 0 Å². The molecule has 1 aliphatic rings. The van der Waals surface area contributed by atoms with Crippen LogP contribution in [0.2, 0.25) is 0 Å². The van der Waals surface area contributed by atoms with E-state index in [1.165, 1.54) is 6.08 Å². The third-order valence-corrected chi connectivity index (χ3v) is 2.19. The summed E-state index contributed by atoms with van der Waals surface area (Å²) in [5.74, 6) is 0. The maximum atomic E-state index is 9.46. The highest BCUT2D eigenvalue weighted by Crippen LogP contribution is 2.21. The van der Waals surface area contributed by atoms with E-state index in [0.29, 0.717) is 0 Å². The Morgan fingerprint density at radius 2 is 1.93 bits per heavy atom. The minimum absolute atomic E-state index is 0.220. The fourth-order valence-corrected chi connectivity index (χ4v) is 1.31. The summed E-state index contributed by atoms with van der Waals surface area (Å²) in [6.45, 7) is 5.27. The zero-order valence-corrected chi connectivity index (χ0v) is 8.04. The van der Waals surface area contributed by atoms with Crippen molar-refractivity contribution in [3.63, 3.8) is 0 Å². The lowest BCUT2D eigenvalue weighted by Gasteiger charge is -2.38. The topological polar surface area (TPSA) is 79.2 Å². The molecule has 0 aromatic carbocycles. The molecule has 0 aliphatic carbocycles. The molecule has 0 radical (unpaired) electrons. The van der Waals surface area contributed by atoms with Gasteiger partial charge in [0, 0.05) is 0 Å². The number of aliphatic hydroxyl groups is 3. The van der Waals surface area contributed by atoms with Gasteiger partial charge >= 0.3 is 0 Å². The Morgan fingerprint density at radius 1 is 1.29 bits per heavy atom. The maximum absolute atomic E-state index is 9.46. The molecule has 82 valence electrons. The van der Waals surface area contributed by atoms with Crippen molar-refractivity contribution >= 4 is 0 Å². The van der Waals surface area contributed by atoms with Gasteiger partial charge in [-0.05, 0) is 6.92 Å². The Bertz CT molecular complexity index is 196. The molecule has 0 amide bonds. The minimum atomic E-state index is -1.24. The van der Waals surface area contributed by atoms with Crippen LogP contribution in [0.15, 0.2) is 12.7 Å². The van der Waals surface area contributed by atoms with E-state index in [9.17, 15) is 15.3 Å². The van der Waals surface area contributed by atoms with Crippen LogP contribution in [0.1, 0.15) is 6.92 Å². The lowest BCUT2D eigenvalue weighted by atomic mass is 10.0. The smallest absolute Gasteiger partial charge is 0.186 e. The Morgan fingerprint density at radius 3 is 2.50 bits per heavy atom. The molecule has 1 heterocycles. The van der Waals surface area contributed by atoms with Gasteiger partial charge in [0.2, 0.25) is 0 Å². The maximum Gasteiger partial charge on any atom is 0.186 e. The van der Waals surface area contributed by atoms with Crippen LogP contribution in [0.5, 0.6) is 0 Å². The fraction of sp³-hybridized carbons (Fsp3) is 0.778. The first-order valence-corrected chi connectivity index (χ1v) is 4.50. The minimum Gasteiger partial charge on any atom is -0.388 e. The number of hydrogen-bond donors (Lipinski definition) is 3. The lowest BCUT2D eigenvalue weighted by Crippen LogP contribution is -2.57. The molecule has 3 N–H and O–H groups in total. The van der Waals surface area contributed by atoms with Crippen LogP contribution in [-0.2, 0) is 9.47 Å². The third-order valence-electron chi connectivity index (χ3n) is 2.19. The second kappa shape index (κ2) is 4.86. The predicted molar refractivity (Wildman–Crippen MR) is 48.5 cm³/mol. The number of hydrogen-bond acceptors (Lipinski definition) is 5. The van der Waals surface area contributed by atoms with Crippen molar-refractivity contribution in [2.24, 2.45) is 0 Å². The van der Waals surface area contributed by atoms with E-state index < -0.39 is 30.7 Å². The highest BCUT2D eigenvalue weighted by molar-refractivity contribution is 4.87. The molecule has 0 bridgehead atoms. The third kappa shape index (κ3) is 2.31. The van der Waals surface area contributed by atoms with Crippen molar-refractivity contribution in [2.75, 3.05) is 6.61 Å². The van der Waals surface area contributed by atoms with Crippen molar-refractivity contribution < 1.29 is 24.8 Å². The first-order chi connectivity index (χ1) is 6.57. The predicted octanol–water partition coefficient (Wildman–Crippen LogP) is -0.984. The molecule has 1 aliphatic heterocycles. The van der Waals surface area contributed by atoms with Crippen LogP contribution in [0, 0.1) is 0 Å². The van der Waals surface area contributed by atoms with Gasteiger partial charge < -0.3 is 24.8 Å². The average Bonchev–Trinajstić information content (AvgIpc) is 2.18. The number of rotatable bonds is 3. The number of ether oxygens (including phenoxy) is 2. The second-order valence-corrected chi connectivity index (χ2v) is 3.30. The van der Waals surface area contributed by atoms with E-state index in [1.54, 1.807) is 6.92 Å². The SMILES string of the molecule is C=CCO[C@H]1OC(C)[C@H](O)C(O)[C@H]1O. The standard InChI is InChI=1S/C9H16O5/c1-3-4-13-9-8(12)7(11)6(10)5(2)14-9/h3,5-12H,1,4H2,2H3/t5?,6-,7?,8+,9-/m0/s1. The van der Waals surface area contributed by atoms with Gasteiger partial charge in [0.1, 0.15) is 18.3 Å². The van der Waals surface area contributed by atoms with Gasteiger partial charge in [0.25, 0.3) is 0 Å². The molecule has 0 aromatic rings. The lowest BCUT2D eigenvalue weighted by molar-refractivity contribution is -0.290. The molecule has 0 saturated carbocycles. The van der Waals surface area contributed by atoms with E-state index >= 15 is 0 Å². The van der Waals surface area contributed by atoms with Gasteiger partial charge in [-0.1, -0.05) is 6.08 Å². The van der Waals surface area contributed by atoms with E-state index in [-0.39, 0.29) is 6.61 Å². The number of aliphatic hydroxyl groups excluding tert-OH is 3. The molecule has 14 heavy (non-hydrogen) atoms. The van der Waals surface area contributed by atoms with E-state index in [1.807, 2.05) is 0 Å². The molecule has 1 saturated heterocycles. The van der Waals surface area contributed by atoms with Crippen molar-refractivity contribution in [3.05, 3.63) is 12.7 Å². The normalized spacial score (nSPS) is 43.6. The molecule has 0 spiro atoms. The molecule has 2 unspecified atom stereocenters. The summed E-state index contributed by atoms with van der Waals surface area (Å²) in [6, 6.07) is 0. The van der Waals surface area contributed by atoms with Gasteiger partial charge in [-0.2, -0.15) is 0 Å². The Hall–Kier alpha value is -0.460. The monoisotopic (exact) mass is 204 g/mol. The van der Waals surface area contributed by atoms with E-state index in [2.05, 4.69) is 6.58 Å². The first kappa shape index (κ1) is 11.6. The molecule has 1 fully saturated rings. The van der Waals surface area contributed by atoms with Crippen LogP contribution in [0.3, 0.4) is 0 Å². The molecular weight excluding hydrogens is 188 g/mol. The van der Waals surface area contributed by atoms with E-state index in [4.69, 9.17) is 9.47 Å². The molecule has 1 rings (SSSR count). The average molecular weight is 204 g/mol. The van der Waals surface area contributed by atoms with Crippen LogP contribution in [0.25, 0.3) is 0 Å². The van der Waals surface area contributed by atoms with Gasteiger partial charge in [-0.25, -0.2) is 0 Å². The summed E-state index contributed by atoms with van der Waals surface area (Å²) in [7, 11) is 0. The highest BCUT2D eigenvalue weighted by atomic mass is 16.7. The van der Waals surface area contributed by atoms with E-state index in [0.717, 1.165) is 0 Å². The summed E-state index contributed by atoms with van der Waals surface area (Å²) >= 11 is 0. The summed E-state index contributed by atoms with van der Waals surface area (Å²) < 4.78 is 10.2. The fourth-order valence-electron chi connectivity index (χ4n) is 1.31. The summed E-state index contributed by atoms with van der Waals surface area (Å²) in [6.07, 6.45) is -3.54. The van der Waals surface area contributed by atoms with Crippen LogP contribution < -0.4 is 0 Å². The highest BCUT2D eigenvalue weighted by Gasteiger charge is 2.42. The zero-order chi connectivity index (χ0) is 10.7. The molecule has 5 atom stereocenters. The van der Waals surface area contributed by atoms with Crippen molar-refractivity contribution in [2.45, 2.75) is 37.6 Å². The van der Waals surface area contributed by atoms with Crippen molar-refractivity contribution in [1.29, 1.82) is 0 Å². The second-order valence-electron chi connectivity index (χ2n) is 3.30. The van der Waals surface area contributed by atoms with Crippen molar-refractivity contribution in [3.8, 4) is 0 Å². The Balaban J connectivity index is 2.55. The summed E-state index contributed by atoms with van der Waals surface area (Å²) in [5.41, 5.74) is 0.